The molecule has 0 aliphatic carbocycles. The second-order valence-corrected chi connectivity index (χ2v) is 6.31. The SMILES string of the molecule is NC1=C(S)C2CCC(C1)N2c1cc(-c2ccc(F)cc2)on1. The van der Waals surface area contributed by atoms with E-state index < -0.39 is 0 Å². The number of thiol groups is 1. The molecule has 0 amide bonds. The molecule has 2 N–H and O–H groups in total. The van der Waals surface area contributed by atoms with Gasteiger partial charge in [0.1, 0.15) is 5.82 Å². The van der Waals surface area contributed by atoms with Crippen LogP contribution < -0.4 is 10.6 Å². The van der Waals surface area contributed by atoms with Crippen molar-refractivity contribution in [3.05, 3.63) is 46.8 Å². The van der Waals surface area contributed by atoms with Gasteiger partial charge in [0.15, 0.2) is 11.6 Å². The molecule has 0 radical (unpaired) electrons. The monoisotopic (exact) mass is 317 g/mol. The maximum absolute atomic E-state index is 13.0. The molecule has 2 aliphatic heterocycles. The summed E-state index contributed by atoms with van der Waals surface area (Å²) >= 11 is 4.57. The lowest BCUT2D eigenvalue weighted by Crippen LogP contribution is -2.41. The second-order valence-electron chi connectivity index (χ2n) is 5.83. The van der Waals surface area contributed by atoms with E-state index in [0.29, 0.717) is 11.8 Å². The van der Waals surface area contributed by atoms with E-state index in [0.717, 1.165) is 41.2 Å². The number of nitrogens with zero attached hydrogens (tertiary/aromatic N) is 2. The Morgan fingerprint density at radius 1 is 1.27 bits per heavy atom. The molecule has 2 aromatic rings. The van der Waals surface area contributed by atoms with Gasteiger partial charge in [0.25, 0.3) is 0 Å². The van der Waals surface area contributed by atoms with Gasteiger partial charge in [-0.05, 0) is 37.1 Å². The zero-order valence-electron chi connectivity index (χ0n) is 11.9. The Morgan fingerprint density at radius 3 is 2.82 bits per heavy atom. The van der Waals surface area contributed by atoms with Crippen LogP contribution in [-0.4, -0.2) is 17.2 Å². The van der Waals surface area contributed by atoms with Gasteiger partial charge in [-0.25, -0.2) is 4.39 Å². The molecule has 0 saturated carbocycles. The fraction of sp³-hybridized carbons (Fsp3) is 0.312. The maximum atomic E-state index is 13.0. The summed E-state index contributed by atoms with van der Waals surface area (Å²) < 4.78 is 18.5. The van der Waals surface area contributed by atoms with Gasteiger partial charge in [-0.2, -0.15) is 0 Å². The van der Waals surface area contributed by atoms with Gasteiger partial charge in [-0.3, -0.25) is 0 Å². The Kier molecular flexibility index (Phi) is 3.14. The fourth-order valence-corrected chi connectivity index (χ4v) is 3.75. The molecule has 4 rings (SSSR count). The predicted molar refractivity (Wildman–Crippen MR) is 86.0 cm³/mol. The Bertz CT molecular complexity index is 740. The van der Waals surface area contributed by atoms with Crippen LogP contribution in [0.1, 0.15) is 19.3 Å². The molecule has 1 aromatic carbocycles. The van der Waals surface area contributed by atoms with Crippen molar-refractivity contribution in [2.75, 3.05) is 4.90 Å². The number of halogens is 1. The van der Waals surface area contributed by atoms with Crippen molar-refractivity contribution in [3.63, 3.8) is 0 Å². The highest BCUT2D eigenvalue weighted by Crippen LogP contribution is 2.42. The summed E-state index contributed by atoms with van der Waals surface area (Å²) in [4.78, 5) is 3.19. The van der Waals surface area contributed by atoms with Crippen LogP contribution in [0.15, 0.2) is 45.5 Å². The van der Waals surface area contributed by atoms with E-state index in [9.17, 15) is 4.39 Å². The van der Waals surface area contributed by atoms with Gasteiger partial charge in [0.2, 0.25) is 0 Å². The Labute approximate surface area is 133 Å². The number of hydrogen-bond donors (Lipinski definition) is 2. The number of aromatic nitrogens is 1. The van der Waals surface area contributed by atoms with Gasteiger partial charge in [0.05, 0.1) is 6.04 Å². The number of anilines is 1. The minimum Gasteiger partial charge on any atom is -0.401 e. The Morgan fingerprint density at radius 2 is 2.05 bits per heavy atom. The van der Waals surface area contributed by atoms with E-state index in [1.165, 1.54) is 12.1 Å². The lowest BCUT2D eigenvalue weighted by atomic mass is 10.1. The smallest absolute Gasteiger partial charge is 0.173 e. The largest absolute Gasteiger partial charge is 0.401 e. The summed E-state index contributed by atoms with van der Waals surface area (Å²) in [5.41, 5.74) is 7.74. The highest BCUT2D eigenvalue weighted by atomic mass is 32.1. The summed E-state index contributed by atoms with van der Waals surface area (Å²) in [6, 6.07) is 8.65. The van der Waals surface area contributed by atoms with Crippen LogP contribution in [0, 0.1) is 5.82 Å². The van der Waals surface area contributed by atoms with Crippen LogP contribution in [0.3, 0.4) is 0 Å². The van der Waals surface area contributed by atoms with Crippen LogP contribution in [-0.2, 0) is 0 Å². The van der Waals surface area contributed by atoms with Crippen molar-refractivity contribution >= 4 is 18.4 Å². The lowest BCUT2D eigenvalue weighted by molar-refractivity contribution is 0.427. The van der Waals surface area contributed by atoms with Crippen LogP contribution >= 0.6 is 12.6 Å². The molecule has 6 heteroatoms. The van der Waals surface area contributed by atoms with E-state index >= 15 is 0 Å². The number of fused-ring (bicyclic) bond motifs is 2. The molecule has 3 heterocycles. The minimum atomic E-state index is -0.266. The van der Waals surface area contributed by atoms with Gasteiger partial charge in [0, 0.05) is 34.7 Å². The summed E-state index contributed by atoms with van der Waals surface area (Å²) in [5, 5.41) is 4.20. The molecular formula is C16H16FN3OS. The van der Waals surface area contributed by atoms with E-state index in [1.54, 1.807) is 12.1 Å². The van der Waals surface area contributed by atoms with Crippen molar-refractivity contribution in [3.8, 4) is 11.3 Å². The molecule has 1 aromatic heterocycles. The molecule has 2 aliphatic rings. The highest BCUT2D eigenvalue weighted by molar-refractivity contribution is 7.84. The minimum absolute atomic E-state index is 0.188. The maximum Gasteiger partial charge on any atom is 0.173 e. The number of benzene rings is 1. The molecule has 4 nitrogen and oxygen atoms in total. The number of hydrogen-bond acceptors (Lipinski definition) is 5. The molecule has 22 heavy (non-hydrogen) atoms. The van der Waals surface area contributed by atoms with E-state index in [1.807, 2.05) is 6.07 Å². The molecule has 1 fully saturated rings. The average molecular weight is 317 g/mol. The third-order valence-electron chi connectivity index (χ3n) is 4.49. The molecule has 2 unspecified atom stereocenters. The van der Waals surface area contributed by atoms with E-state index in [4.69, 9.17) is 10.3 Å². The normalized spacial score (nSPS) is 24.2. The Balaban J connectivity index is 1.66. The predicted octanol–water partition coefficient (Wildman–Crippen LogP) is 3.32. The molecule has 1 saturated heterocycles. The van der Waals surface area contributed by atoms with Crippen molar-refractivity contribution in [2.45, 2.75) is 31.3 Å². The van der Waals surface area contributed by atoms with Crippen molar-refractivity contribution < 1.29 is 8.91 Å². The standard InChI is InChI=1S/C16H16FN3OS/c17-10-3-1-9(2-4-10)14-8-15(19-21-14)20-11-5-6-13(20)16(22)12(18)7-11/h1-4,8,11,13,22H,5-7,18H2. The first-order valence-electron chi connectivity index (χ1n) is 7.32. The van der Waals surface area contributed by atoms with Gasteiger partial charge in [-0.15, -0.1) is 12.6 Å². The summed E-state index contributed by atoms with van der Waals surface area (Å²) in [7, 11) is 0. The van der Waals surface area contributed by atoms with Crippen molar-refractivity contribution in [2.24, 2.45) is 5.73 Å². The first kappa shape index (κ1) is 13.7. The average Bonchev–Trinajstić information content (AvgIpc) is 3.10. The fourth-order valence-electron chi connectivity index (χ4n) is 3.41. The second kappa shape index (κ2) is 5.05. The Hall–Kier alpha value is -1.95. The van der Waals surface area contributed by atoms with E-state index in [2.05, 4.69) is 22.7 Å². The molecular weight excluding hydrogens is 301 g/mol. The van der Waals surface area contributed by atoms with Crippen LogP contribution in [0.4, 0.5) is 10.2 Å². The summed E-state index contributed by atoms with van der Waals surface area (Å²) in [6.07, 6.45) is 2.92. The number of nitrogens with two attached hydrogens (primary N) is 1. The van der Waals surface area contributed by atoms with Crippen LogP contribution in [0.2, 0.25) is 0 Å². The molecule has 0 spiro atoms. The summed E-state index contributed by atoms with van der Waals surface area (Å²) in [6.45, 7) is 0. The van der Waals surface area contributed by atoms with Crippen molar-refractivity contribution in [1.29, 1.82) is 0 Å². The van der Waals surface area contributed by atoms with Crippen LogP contribution in [0.5, 0.6) is 0 Å². The first-order chi connectivity index (χ1) is 10.6. The van der Waals surface area contributed by atoms with Gasteiger partial charge in [-0.1, -0.05) is 5.16 Å². The molecule has 114 valence electrons. The third-order valence-corrected chi connectivity index (χ3v) is 5.08. The zero-order valence-corrected chi connectivity index (χ0v) is 12.8. The zero-order chi connectivity index (χ0) is 15.3. The van der Waals surface area contributed by atoms with E-state index in [-0.39, 0.29) is 11.9 Å². The number of rotatable bonds is 2. The lowest BCUT2D eigenvalue weighted by Gasteiger charge is -2.35. The molecule has 2 bridgehead atoms. The van der Waals surface area contributed by atoms with Crippen LogP contribution in [0.25, 0.3) is 11.3 Å². The van der Waals surface area contributed by atoms with Gasteiger partial charge < -0.3 is 15.2 Å². The topological polar surface area (TPSA) is 55.3 Å². The van der Waals surface area contributed by atoms with Gasteiger partial charge >= 0.3 is 0 Å². The quantitative estimate of drug-likeness (QED) is 0.834. The van der Waals surface area contributed by atoms with Crippen molar-refractivity contribution in [1.82, 2.24) is 5.16 Å². The first-order valence-corrected chi connectivity index (χ1v) is 7.76. The highest BCUT2D eigenvalue weighted by Gasteiger charge is 2.41. The third kappa shape index (κ3) is 2.09. The summed E-state index contributed by atoms with van der Waals surface area (Å²) in [5.74, 6) is 1.17. The molecule has 2 atom stereocenters.